The lowest BCUT2D eigenvalue weighted by molar-refractivity contribution is -0.385. The zero-order chi connectivity index (χ0) is 11.6. The van der Waals surface area contributed by atoms with E-state index in [2.05, 4.69) is 0 Å². The molecule has 0 aliphatic rings. The van der Waals surface area contributed by atoms with Gasteiger partial charge in [-0.05, 0) is 6.07 Å². The molecule has 82 valence electrons. The predicted molar refractivity (Wildman–Crippen MR) is 48.5 cm³/mol. The number of nitro groups is 1. The van der Waals surface area contributed by atoms with Gasteiger partial charge in [-0.25, -0.2) is 4.39 Å². The summed E-state index contributed by atoms with van der Waals surface area (Å²) in [6, 6.07) is 4.38. The first kappa shape index (κ1) is 11.5. The summed E-state index contributed by atoms with van der Waals surface area (Å²) in [5, 5.41) is 10.4. The van der Waals surface area contributed by atoms with E-state index in [1.54, 1.807) is 0 Å². The lowest BCUT2D eigenvalue weighted by atomic mass is 10.2. The van der Waals surface area contributed by atoms with Crippen LogP contribution in [0.4, 0.5) is 10.1 Å². The van der Waals surface area contributed by atoms with Gasteiger partial charge in [-0.1, -0.05) is 12.1 Å². The third kappa shape index (κ3) is 2.48. The van der Waals surface area contributed by atoms with E-state index in [9.17, 15) is 22.9 Å². The maximum Gasteiger partial charge on any atom is 0.302 e. The molecule has 0 aromatic heterocycles. The minimum atomic E-state index is -4.98. The molecule has 0 radical (unpaired) electrons. The molecule has 1 aromatic rings. The fourth-order valence-electron chi connectivity index (χ4n) is 1.01. The highest BCUT2D eigenvalue weighted by molar-refractivity contribution is 7.85. The topological polar surface area (TPSA) is 97.5 Å². The molecule has 0 saturated heterocycles. The molecule has 1 N–H and O–H groups in total. The quantitative estimate of drug-likeness (QED) is 0.485. The average Bonchev–Trinajstić information content (AvgIpc) is 2.15. The lowest BCUT2D eigenvalue weighted by Crippen LogP contribution is -2.09. The van der Waals surface area contributed by atoms with Gasteiger partial charge in [-0.3, -0.25) is 14.7 Å². The van der Waals surface area contributed by atoms with Gasteiger partial charge < -0.3 is 0 Å². The van der Waals surface area contributed by atoms with E-state index >= 15 is 0 Å². The van der Waals surface area contributed by atoms with Crippen LogP contribution in [0.3, 0.4) is 0 Å². The Labute approximate surface area is 84.2 Å². The summed E-state index contributed by atoms with van der Waals surface area (Å²) in [5.74, 6) is 0. The Morgan fingerprint density at radius 3 is 2.40 bits per heavy atom. The highest BCUT2D eigenvalue weighted by atomic mass is 32.2. The van der Waals surface area contributed by atoms with Crippen molar-refractivity contribution in [1.29, 1.82) is 0 Å². The number of halogens is 1. The summed E-state index contributed by atoms with van der Waals surface area (Å²) in [6.07, 6.45) is 0. The summed E-state index contributed by atoms with van der Waals surface area (Å²) < 4.78 is 42.5. The van der Waals surface area contributed by atoms with Gasteiger partial charge in [0, 0.05) is 6.07 Å². The van der Waals surface area contributed by atoms with Crippen molar-refractivity contribution in [2.24, 2.45) is 0 Å². The third-order valence-corrected chi connectivity index (χ3v) is 2.42. The smallest absolute Gasteiger partial charge is 0.283 e. The summed E-state index contributed by atoms with van der Waals surface area (Å²) in [5.41, 5.74) is -4.19. The first-order valence-electron chi connectivity index (χ1n) is 3.67. The van der Waals surface area contributed by atoms with Crippen LogP contribution in [0.2, 0.25) is 0 Å². The molecular weight excluding hydrogens is 229 g/mol. The molecule has 0 aliphatic heterocycles. The van der Waals surface area contributed by atoms with Crippen molar-refractivity contribution in [3.63, 3.8) is 0 Å². The molecule has 0 spiro atoms. The Kier molecular flexibility index (Phi) is 3.01. The largest absolute Gasteiger partial charge is 0.302 e. The highest BCUT2D eigenvalue weighted by Gasteiger charge is 2.30. The monoisotopic (exact) mass is 235 g/mol. The number of nitro benzene ring substituents is 1. The van der Waals surface area contributed by atoms with Gasteiger partial charge >= 0.3 is 10.1 Å². The van der Waals surface area contributed by atoms with E-state index in [1.807, 2.05) is 0 Å². The van der Waals surface area contributed by atoms with E-state index in [0.29, 0.717) is 0 Å². The zero-order valence-electron chi connectivity index (χ0n) is 7.20. The standard InChI is InChI=1S/C7H6FNO5S/c8-7(15(12,13)14)5-3-1-2-4-6(5)9(10)11/h1-4,7H,(H,12,13,14). The number of hydrogen-bond acceptors (Lipinski definition) is 4. The second-order valence-corrected chi connectivity index (χ2v) is 4.09. The molecule has 0 amide bonds. The number of benzene rings is 1. The molecule has 1 aromatic carbocycles. The minimum Gasteiger partial charge on any atom is -0.283 e. The molecule has 0 bridgehead atoms. The van der Waals surface area contributed by atoms with Crippen molar-refractivity contribution >= 4 is 15.8 Å². The second-order valence-electron chi connectivity index (χ2n) is 2.65. The van der Waals surface area contributed by atoms with Crippen molar-refractivity contribution in [2.75, 3.05) is 0 Å². The summed E-state index contributed by atoms with van der Waals surface area (Å²) in [7, 11) is -4.98. The Bertz CT molecular complexity index is 486. The first-order valence-corrected chi connectivity index (χ1v) is 5.18. The Morgan fingerprint density at radius 1 is 1.40 bits per heavy atom. The van der Waals surface area contributed by atoms with Crippen molar-refractivity contribution in [3.8, 4) is 0 Å². The number of nitrogens with zero attached hydrogens (tertiary/aromatic N) is 1. The Balaban J connectivity index is 3.32. The number of hydrogen-bond donors (Lipinski definition) is 1. The molecule has 8 heteroatoms. The van der Waals surface area contributed by atoms with Crippen LogP contribution < -0.4 is 0 Å². The van der Waals surface area contributed by atoms with Crippen LogP contribution in [-0.2, 0) is 10.1 Å². The molecule has 15 heavy (non-hydrogen) atoms. The molecular formula is C7H6FNO5S. The zero-order valence-corrected chi connectivity index (χ0v) is 8.02. The molecule has 0 saturated carbocycles. The Morgan fingerprint density at radius 2 is 1.93 bits per heavy atom. The molecule has 6 nitrogen and oxygen atoms in total. The van der Waals surface area contributed by atoms with Gasteiger partial charge in [-0.15, -0.1) is 0 Å². The first-order chi connectivity index (χ1) is 6.84. The maximum atomic E-state index is 13.1. The fraction of sp³-hybridized carbons (Fsp3) is 0.143. The predicted octanol–water partition coefficient (Wildman–Crippen LogP) is 1.45. The number of alkyl halides is 1. The number of para-hydroxylation sites is 1. The van der Waals surface area contributed by atoms with E-state index in [-0.39, 0.29) is 0 Å². The summed E-state index contributed by atoms with van der Waals surface area (Å²) >= 11 is 0. The van der Waals surface area contributed by atoms with Gasteiger partial charge in [0.25, 0.3) is 11.2 Å². The van der Waals surface area contributed by atoms with Crippen LogP contribution in [0.5, 0.6) is 0 Å². The van der Waals surface area contributed by atoms with E-state index < -0.39 is 31.8 Å². The molecule has 1 atom stereocenters. The molecule has 0 fully saturated rings. The number of rotatable bonds is 3. The normalized spacial score (nSPS) is 13.5. The van der Waals surface area contributed by atoms with Crippen molar-refractivity contribution < 1.29 is 22.3 Å². The van der Waals surface area contributed by atoms with Crippen LogP contribution in [-0.4, -0.2) is 17.9 Å². The Hall–Kier alpha value is -1.54. The van der Waals surface area contributed by atoms with Crippen LogP contribution >= 0.6 is 0 Å². The van der Waals surface area contributed by atoms with Gasteiger partial charge in [-0.2, -0.15) is 8.42 Å². The van der Waals surface area contributed by atoms with Crippen LogP contribution in [0.25, 0.3) is 0 Å². The molecule has 1 unspecified atom stereocenters. The van der Waals surface area contributed by atoms with Crippen molar-refractivity contribution in [1.82, 2.24) is 0 Å². The van der Waals surface area contributed by atoms with Crippen molar-refractivity contribution in [3.05, 3.63) is 39.9 Å². The van der Waals surface area contributed by atoms with Crippen LogP contribution in [0.1, 0.15) is 11.1 Å². The fourth-order valence-corrected chi connectivity index (χ4v) is 1.53. The SMILES string of the molecule is O=[N+]([O-])c1ccccc1C(F)S(=O)(=O)O. The second kappa shape index (κ2) is 3.91. The van der Waals surface area contributed by atoms with E-state index in [1.165, 1.54) is 12.1 Å². The maximum absolute atomic E-state index is 13.1. The van der Waals surface area contributed by atoms with Gasteiger partial charge in [0.1, 0.15) is 0 Å². The highest BCUT2D eigenvalue weighted by Crippen LogP contribution is 2.30. The average molecular weight is 235 g/mol. The molecule has 1 rings (SSSR count). The molecule has 0 aliphatic carbocycles. The van der Waals surface area contributed by atoms with Crippen molar-refractivity contribution in [2.45, 2.75) is 5.50 Å². The third-order valence-electron chi connectivity index (χ3n) is 1.64. The van der Waals surface area contributed by atoms with Gasteiger partial charge in [0.2, 0.25) is 0 Å². The van der Waals surface area contributed by atoms with Gasteiger partial charge in [0.15, 0.2) is 0 Å². The minimum absolute atomic E-state index is 0.690. The van der Waals surface area contributed by atoms with Crippen LogP contribution in [0.15, 0.2) is 24.3 Å². The van der Waals surface area contributed by atoms with Gasteiger partial charge in [0.05, 0.1) is 10.5 Å². The van der Waals surface area contributed by atoms with E-state index in [0.717, 1.165) is 12.1 Å². The summed E-state index contributed by atoms with van der Waals surface area (Å²) in [4.78, 5) is 9.49. The lowest BCUT2D eigenvalue weighted by Gasteiger charge is -2.05. The summed E-state index contributed by atoms with van der Waals surface area (Å²) in [6.45, 7) is 0. The van der Waals surface area contributed by atoms with Crippen LogP contribution in [0, 0.1) is 10.1 Å². The molecule has 0 heterocycles. The van der Waals surface area contributed by atoms with E-state index in [4.69, 9.17) is 4.55 Å².